The molecule has 2 aromatic rings. The van der Waals surface area contributed by atoms with Gasteiger partial charge < -0.3 is 10.4 Å². The van der Waals surface area contributed by atoms with Gasteiger partial charge in [0, 0.05) is 6.20 Å². The molecule has 0 spiro atoms. The molecule has 1 heterocycles. The Morgan fingerprint density at radius 2 is 2.17 bits per heavy atom. The number of aromatic hydroxyl groups is 1. The molecule has 1 aromatic carbocycles. The number of benzene rings is 1. The highest BCUT2D eigenvalue weighted by atomic mass is 19.1. The summed E-state index contributed by atoms with van der Waals surface area (Å²) in [6.45, 7) is 1.69. The summed E-state index contributed by atoms with van der Waals surface area (Å²) in [6, 6.07) is 5.87. The Labute approximate surface area is 103 Å². The first-order valence-electron chi connectivity index (χ1n) is 5.29. The van der Waals surface area contributed by atoms with Gasteiger partial charge in [-0.3, -0.25) is 9.78 Å². The van der Waals surface area contributed by atoms with E-state index in [-0.39, 0.29) is 17.0 Å². The zero-order valence-electron chi connectivity index (χ0n) is 9.64. The predicted molar refractivity (Wildman–Crippen MR) is 65.0 cm³/mol. The van der Waals surface area contributed by atoms with Gasteiger partial charge in [-0.15, -0.1) is 0 Å². The Morgan fingerprint density at radius 1 is 1.39 bits per heavy atom. The van der Waals surface area contributed by atoms with Gasteiger partial charge >= 0.3 is 0 Å². The molecular formula is C13H11FN2O2. The molecule has 0 aliphatic rings. The maximum Gasteiger partial charge on any atom is 0.259 e. The Kier molecular flexibility index (Phi) is 3.23. The molecule has 0 bridgehead atoms. The number of para-hydroxylation sites is 1. The van der Waals surface area contributed by atoms with E-state index in [2.05, 4.69) is 10.3 Å². The summed E-state index contributed by atoms with van der Waals surface area (Å²) < 4.78 is 13.5. The maximum atomic E-state index is 13.5. The SMILES string of the molecule is Cc1cccc(F)c1NC(=O)c1ccncc1O. The number of hydrogen-bond donors (Lipinski definition) is 2. The van der Waals surface area contributed by atoms with Crippen molar-refractivity contribution in [3.8, 4) is 5.75 Å². The van der Waals surface area contributed by atoms with E-state index in [4.69, 9.17) is 0 Å². The van der Waals surface area contributed by atoms with E-state index in [1.807, 2.05) is 0 Å². The van der Waals surface area contributed by atoms with Gasteiger partial charge in [0.25, 0.3) is 5.91 Å². The Balaban J connectivity index is 2.30. The molecule has 0 saturated heterocycles. The van der Waals surface area contributed by atoms with E-state index < -0.39 is 11.7 Å². The Bertz CT molecular complexity index is 579. The molecule has 1 amide bonds. The van der Waals surface area contributed by atoms with Crippen molar-refractivity contribution in [3.05, 3.63) is 53.6 Å². The quantitative estimate of drug-likeness (QED) is 0.855. The number of nitrogens with one attached hydrogen (secondary N) is 1. The van der Waals surface area contributed by atoms with Crippen LogP contribution in [0.4, 0.5) is 10.1 Å². The van der Waals surface area contributed by atoms with Crippen LogP contribution in [0.5, 0.6) is 5.75 Å². The number of anilines is 1. The molecule has 4 nitrogen and oxygen atoms in total. The largest absolute Gasteiger partial charge is 0.505 e. The summed E-state index contributed by atoms with van der Waals surface area (Å²) >= 11 is 0. The number of nitrogens with zero attached hydrogens (tertiary/aromatic N) is 1. The second kappa shape index (κ2) is 4.83. The van der Waals surface area contributed by atoms with E-state index in [1.54, 1.807) is 19.1 Å². The number of carbonyl (C=O) groups is 1. The molecule has 0 unspecified atom stereocenters. The maximum absolute atomic E-state index is 13.5. The van der Waals surface area contributed by atoms with Gasteiger partial charge in [-0.25, -0.2) is 4.39 Å². The second-order valence-electron chi connectivity index (χ2n) is 3.78. The van der Waals surface area contributed by atoms with Gasteiger partial charge in [-0.2, -0.15) is 0 Å². The fourth-order valence-electron chi connectivity index (χ4n) is 1.55. The molecule has 0 aliphatic carbocycles. The summed E-state index contributed by atoms with van der Waals surface area (Å²) in [5.74, 6) is -1.34. The van der Waals surface area contributed by atoms with Crippen LogP contribution in [0.1, 0.15) is 15.9 Å². The van der Waals surface area contributed by atoms with Gasteiger partial charge in [-0.1, -0.05) is 12.1 Å². The summed E-state index contributed by atoms with van der Waals surface area (Å²) in [6.07, 6.45) is 2.53. The van der Waals surface area contributed by atoms with Gasteiger partial charge in [-0.05, 0) is 24.6 Å². The number of pyridine rings is 1. The van der Waals surface area contributed by atoms with Crippen molar-refractivity contribution in [1.29, 1.82) is 0 Å². The van der Waals surface area contributed by atoms with Crippen molar-refractivity contribution in [2.24, 2.45) is 0 Å². The number of halogens is 1. The van der Waals surface area contributed by atoms with Crippen molar-refractivity contribution in [1.82, 2.24) is 4.98 Å². The third-order valence-corrected chi connectivity index (χ3v) is 2.51. The molecular weight excluding hydrogens is 235 g/mol. The number of carbonyl (C=O) groups excluding carboxylic acids is 1. The van der Waals surface area contributed by atoms with Crippen LogP contribution >= 0.6 is 0 Å². The highest BCUT2D eigenvalue weighted by Gasteiger charge is 2.14. The molecule has 0 atom stereocenters. The number of aromatic nitrogens is 1. The lowest BCUT2D eigenvalue weighted by molar-refractivity contribution is 0.102. The van der Waals surface area contributed by atoms with E-state index in [0.717, 1.165) is 6.20 Å². The first-order chi connectivity index (χ1) is 8.59. The lowest BCUT2D eigenvalue weighted by atomic mass is 10.1. The zero-order chi connectivity index (χ0) is 13.1. The topological polar surface area (TPSA) is 62.2 Å². The lowest BCUT2D eigenvalue weighted by Gasteiger charge is -2.09. The van der Waals surface area contributed by atoms with Gasteiger partial charge in [0.15, 0.2) is 0 Å². The fraction of sp³-hybridized carbons (Fsp3) is 0.0769. The first-order valence-corrected chi connectivity index (χ1v) is 5.29. The molecule has 0 fully saturated rings. The van der Waals surface area contributed by atoms with E-state index in [9.17, 15) is 14.3 Å². The molecule has 18 heavy (non-hydrogen) atoms. The van der Waals surface area contributed by atoms with Crippen LogP contribution < -0.4 is 5.32 Å². The third kappa shape index (κ3) is 2.29. The summed E-state index contributed by atoms with van der Waals surface area (Å²) in [7, 11) is 0. The van der Waals surface area contributed by atoms with Crippen molar-refractivity contribution < 1.29 is 14.3 Å². The minimum Gasteiger partial charge on any atom is -0.505 e. The summed E-state index contributed by atoms with van der Waals surface area (Å²) in [4.78, 5) is 15.5. The molecule has 92 valence electrons. The van der Waals surface area contributed by atoms with Gasteiger partial charge in [0.2, 0.25) is 0 Å². The van der Waals surface area contributed by atoms with Gasteiger partial charge in [0.05, 0.1) is 17.4 Å². The lowest BCUT2D eigenvalue weighted by Crippen LogP contribution is -2.14. The van der Waals surface area contributed by atoms with Crippen LogP contribution in [-0.2, 0) is 0 Å². The zero-order valence-corrected chi connectivity index (χ0v) is 9.64. The van der Waals surface area contributed by atoms with E-state index in [1.165, 1.54) is 18.3 Å². The number of rotatable bonds is 2. The summed E-state index contributed by atoms with van der Waals surface area (Å²) in [5, 5.41) is 11.9. The summed E-state index contributed by atoms with van der Waals surface area (Å²) in [5.41, 5.74) is 0.767. The van der Waals surface area contributed by atoms with Crippen LogP contribution in [0.3, 0.4) is 0 Å². The van der Waals surface area contributed by atoms with Crippen LogP contribution in [-0.4, -0.2) is 16.0 Å². The first kappa shape index (κ1) is 12.0. The fourth-order valence-corrected chi connectivity index (χ4v) is 1.55. The highest BCUT2D eigenvalue weighted by molar-refractivity contribution is 6.06. The monoisotopic (exact) mass is 246 g/mol. The number of aryl methyl sites for hydroxylation is 1. The molecule has 2 rings (SSSR count). The molecule has 0 saturated carbocycles. The molecule has 0 aliphatic heterocycles. The van der Waals surface area contributed by atoms with E-state index >= 15 is 0 Å². The van der Waals surface area contributed by atoms with E-state index in [0.29, 0.717) is 5.56 Å². The Morgan fingerprint density at radius 3 is 2.83 bits per heavy atom. The molecule has 2 N–H and O–H groups in total. The predicted octanol–water partition coefficient (Wildman–Crippen LogP) is 2.49. The highest BCUT2D eigenvalue weighted by Crippen LogP contribution is 2.21. The van der Waals surface area contributed by atoms with Crippen molar-refractivity contribution in [2.75, 3.05) is 5.32 Å². The average Bonchev–Trinajstić information content (AvgIpc) is 2.34. The van der Waals surface area contributed by atoms with Crippen molar-refractivity contribution >= 4 is 11.6 Å². The minimum absolute atomic E-state index is 0.0488. The van der Waals surface area contributed by atoms with Crippen LogP contribution in [0.25, 0.3) is 0 Å². The van der Waals surface area contributed by atoms with Crippen molar-refractivity contribution in [2.45, 2.75) is 6.92 Å². The Hall–Kier alpha value is -2.43. The normalized spacial score (nSPS) is 10.1. The van der Waals surface area contributed by atoms with Crippen LogP contribution in [0.15, 0.2) is 36.7 Å². The number of hydrogen-bond acceptors (Lipinski definition) is 3. The average molecular weight is 246 g/mol. The third-order valence-electron chi connectivity index (χ3n) is 2.51. The molecule has 5 heteroatoms. The van der Waals surface area contributed by atoms with Crippen LogP contribution in [0, 0.1) is 12.7 Å². The number of amides is 1. The standard InChI is InChI=1S/C13H11FN2O2/c1-8-3-2-4-10(14)12(8)16-13(18)9-5-6-15-7-11(9)17/h2-7,17H,1H3,(H,16,18). The molecule has 0 radical (unpaired) electrons. The van der Waals surface area contributed by atoms with Crippen LogP contribution in [0.2, 0.25) is 0 Å². The minimum atomic E-state index is -0.580. The van der Waals surface area contributed by atoms with Gasteiger partial charge in [0.1, 0.15) is 11.6 Å². The molecule has 1 aromatic heterocycles. The smallest absolute Gasteiger partial charge is 0.259 e. The second-order valence-corrected chi connectivity index (χ2v) is 3.78. The van der Waals surface area contributed by atoms with Crippen molar-refractivity contribution in [3.63, 3.8) is 0 Å².